The van der Waals surface area contributed by atoms with Crippen molar-refractivity contribution in [3.05, 3.63) is 113 Å². The highest BCUT2D eigenvalue weighted by Gasteiger charge is 2.27. The lowest BCUT2D eigenvalue weighted by Crippen LogP contribution is -2.14. The Kier molecular flexibility index (Phi) is 7.20. The molecular formula is C33H27N9. The maximum atomic E-state index is 10.1. The van der Waals surface area contributed by atoms with Gasteiger partial charge in [0.15, 0.2) is 0 Å². The lowest BCUT2D eigenvalue weighted by molar-refractivity contribution is 0.610. The number of rotatable bonds is 9. The second kappa shape index (κ2) is 11.4. The third kappa shape index (κ3) is 5.22. The molecule has 2 heterocycles. The summed E-state index contributed by atoms with van der Waals surface area (Å²) in [5, 5.41) is 46.3. The molecule has 2 atom stereocenters. The Balaban J connectivity index is 1.46. The van der Waals surface area contributed by atoms with E-state index in [2.05, 4.69) is 63.2 Å². The fourth-order valence-electron chi connectivity index (χ4n) is 5.22. The Bertz CT molecular complexity index is 1890. The lowest BCUT2D eigenvalue weighted by atomic mass is 9.99. The molecule has 2 N–H and O–H groups in total. The summed E-state index contributed by atoms with van der Waals surface area (Å²) in [7, 11) is 0. The second-order valence-electron chi connectivity index (χ2n) is 10.4. The van der Waals surface area contributed by atoms with E-state index in [4.69, 9.17) is 0 Å². The molecule has 0 spiro atoms. The standard InChI is InChI=1S/C33H27N9/c1-2-29(22-8-4-3-5-9-22)39-32-25(18-36)19-37-31-24(17-35)14-26(15-28(31)32)38-33(23-10-6-7-21(13-23)16-34)30-20-42(41-40-30)27-11-12-27/h3-10,13-15,19-20,27,29,33,38H,2,11-12H2,1H3,(H,37,39)/t29-,33?/m1/s1. The van der Waals surface area contributed by atoms with Crippen LogP contribution in [0, 0.1) is 34.0 Å². The van der Waals surface area contributed by atoms with Crippen molar-refractivity contribution in [1.29, 1.82) is 15.8 Å². The molecule has 1 saturated carbocycles. The highest BCUT2D eigenvalue weighted by Crippen LogP contribution is 2.37. The van der Waals surface area contributed by atoms with Gasteiger partial charge in [-0.3, -0.25) is 4.98 Å². The quantitative estimate of drug-likeness (QED) is 0.211. The molecule has 1 aliphatic rings. The molecule has 0 radical (unpaired) electrons. The van der Waals surface area contributed by atoms with Gasteiger partial charge in [0.05, 0.1) is 58.3 Å². The summed E-state index contributed by atoms with van der Waals surface area (Å²) in [6.07, 6.45) is 6.40. The van der Waals surface area contributed by atoms with Gasteiger partial charge in [-0.05, 0) is 54.7 Å². The van der Waals surface area contributed by atoms with Crippen molar-refractivity contribution in [2.45, 2.75) is 44.3 Å². The molecule has 204 valence electrons. The molecule has 1 unspecified atom stereocenters. The van der Waals surface area contributed by atoms with E-state index in [0.29, 0.717) is 50.7 Å². The van der Waals surface area contributed by atoms with Crippen LogP contribution in [-0.2, 0) is 0 Å². The number of nitrogens with one attached hydrogen (secondary N) is 2. The van der Waals surface area contributed by atoms with Crippen LogP contribution in [0.3, 0.4) is 0 Å². The fourth-order valence-corrected chi connectivity index (χ4v) is 5.22. The van der Waals surface area contributed by atoms with Crippen LogP contribution in [-0.4, -0.2) is 20.0 Å². The molecule has 6 rings (SSSR count). The van der Waals surface area contributed by atoms with Crippen molar-refractivity contribution in [3.63, 3.8) is 0 Å². The van der Waals surface area contributed by atoms with E-state index in [1.807, 2.05) is 53.3 Å². The average molecular weight is 550 g/mol. The van der Waals surface area contributed by atoms with Crippen LogP contribution in [0.4, 0.5) is 11.4 Å². The molecule has 1 aliphatic carbocycles. The Morgan fingerprint density at radius 3 is 2.40 bits per heavy atom. The fraction of sp³-hybridized carbons (Fsp3) is 0.212. The smallest absolute Gasteiger partial charge is 0.109 e. The summed E-state index contributed by atoms with van der Waals surface area (Å²) in [6, 6.07) is 27.7. The Morgan fingerprint density at radius 2 is 1.69 bits per heavy atom. The molecule has 3 aromatic carbocycles. The van der Waals surface area contributed by atoms with E-state index in [1.165, 1.54) is 6.20 Å². The van der Waals surface area contributed by atoms with E-state index in [9.17, 15) is 15.8 Å². The zero-order valence-electron chi connectivity index (χ0n) is 23.0. The highest BCUT2D eigenvalue weighted by molar-refractivity contribution is 5.99. The summed E-state index contributed by atoms with van der Waals surface area (Å²) in [5.74, 6) is 0. The monoisotopic (exact) mass is 549 g/mol. The number of pyridine rings is 1. The topological polar surface area (TPSA) is 139 Å². The van der Waals surface area contributed by atoms with E-state index in [0.717, 1.165) is 30.4 Å². The predicted molar refractivity (Wildman–Crippen MR) is 159 cm³/mol. The van der Waals surface area contributed by atoms with Gasteiger partial charge in [0, 0.05) is 17.3 Å². The Hall–Kier alpha value is -5.72. The normalized spacial score (nSPS) is 13.9. The van der Waals surface area contributed by atoms with Gasteiger partial charge >= 0.3 is 0 Å². The molecule has 42 heavy (non-hydrogen) atoms. The van der Waals surface area contributed by atoms with Crippen molar-refractivity contribution < 1.29 is 0 Å². The van der Waals surface area contributed by atoms with E-state index >= 15 is 0 Å². The van der Waals surface area contributed by atoms with Crippen molar-refractivity contribution in [1.82, 2.24) is 20.0 Å². The molecule has 0 bridgehead atoms. The average Bonchev–Trinajstić information content (AvgIpc) is 3.78. The van der Waals surface area contributed by atoms with Gasteiger partial charge in [-0.15, -0.1) is 5.10 Å². The number of nitriles is 3. The Morgan fingerprint density at radius 1 is 0.905 bits per heavy atom. The Labute approximate surface area is 243 Å². The van der Waals surface area contributed by atoms with Crippen molar-refractivity contribution in [2.75, 3.05) is 10.6 Å². The van der Waals surface area contributed by atoms with Gasteiger partial charge in [-0.1, -0.05) is 54.6 Å². The molecule has 5 aromatic rings. The van der Waals surface area contributed by atoms with Gasteiger partial charge in [0.2, 0.25) is 0 Å². The van der Waals surface area contributed by atoms with E-state index in [1.54, 1.807) is 12.1 Å². The zero-order valence-corrected chi connectivity index (χ0v) is 23.0. The molecule has 1 fully saturated rings. The van der Waals surface area contributed by atoms with Gasteiger partial charge in [0.1, 0.15) is 17.8 Å². The number of aromatic nitrogens is 4. The largest absolute Gasteiger partial charge is 0.377 e. The van der Waals surface area contributed by atoms with Crippen LogP contribution < -0.4 is 10.6 Å². The van der Waals surface area contributed by atoms with Crippen LogP contribution in [0.5, 0.6) is 0 Å². The first-order valence-electron chi connectivity index (χ1n) is 13.9. The highest BCUT2D eigenvalue weighted by atomic mass is 15.4. The SMILES string of the molecule is CC[C@@H](Nc1c(C#N)cnc2c(C#N)cc(NC(c3cccc(C#N)c3)c3cn(C4CC4)nn3)cc12)c1ccccc1. The zero-order chi connectivity index (χ0) is 29.1. The first-order chi connectivity index (χ1) is 20.6. The summed E-state index contributed by atoms with van der Waals surface area (Å²) in [5.41, 5.74) is 5.73. The van der Waals surface area contributed by atoms with Crippen molar-refractivity contribution in [3.8, 4) is 18.2 Å². The molecule has 0 aliphatic heterocycles. The van der Waals surface area contributed by atoms with E-state index in [-0.39, 0.29) is 6.04 Å². The minimum absolute atomic E-state index is 0.0509. The van der Waals surface area contributed by atoms with Crippen molar-refractivity contribution >= 4 is 22.3 Å². The second-order valence-corrected chi connectivity index (χ2v) is 10.4. The number of benzene rings is 3. The number of hydrogen-bond acceptors (Lipinski definition) is 8. The molecule has 0 saturated heterocycles. The molecule has 0 amide bonds. The van der Waals surface area contributed by atoms with Crippen LogP contribution >= 0.6 is 0 Å². The number of hydrogen-bond donors (Lipinski definition) is 2. The van der Waals surface area contributed by atoms with Gasteiger partial charge < -0.3 is 10.6 Å². The molecule has 2 aromatic heterocycles. The van der Waals surface area contributed by atoms with Crippen LogP contribution in [0.1, 0.15) is 77.8 Å². The number of anilines is 2. The first-order valence-corrected chi connectivity index (χ1v) is 13.9. The summed E-state index contributed by atoms with van der Waals surface area (Å²) in [6.45, 7) is 2.09. The van der Waals surface area contributed by atoms with Crippen LogP contribution in [0.25, 0.3) is 10.9 Å². The number of nitrogens with zero attached hydrogens (tertiary/aromatic N) is 7. The molecule has 9 nitrogen and oxygen atoms in total. The molecular weight excluding hydrogens is 522 g/mol. The van der Waals surface area contributed by atoms with Gasteiger partial charge in [-0.2, -0.15) is 15.8 Å². The summed E-state index contributed by atoms with van der Waals surface area (Å²) < 4.78 is 1.89. The maximum absolute atomic E-state index is 10.1. The molecule has 9 heteroatoms. The van der Waals surface area contributed by atoms with Crippen LogP contribution in [0.2, 0.25) is 0 Å². The lowest BCUT2D eigenvalue weighted by Gasteiger charge is -2.22. The minimum Gasteiger partial charge on any atom is -0.377 e. The maximum Gasteiger partial charge on any atom is 0.109 e. The predicted octanol–water partition coefficient (Wildman–Crippen LogP) is 6.54. The summed E-state index contributed by atoms with van der Waals surface area (Å²) in [4.78, 5) is 4.50. The van der Waals surface area contributed by atoms with Crippen LogP contribution in [0.15, 0.2) is 79.1 Å². The first kappa shape index (κ1) is 26.5. The summed E-state index contributed by atoms with van der Waals surface area (Å²) >= 11 is 0. The van der Waals surface area contributed by atoms with Crippen molar-refractivity contribution in [2.24, 2.45) is 0 Å². The minimum atomic E-state index is -0.439. The van der Waals surface area contributed by atoms with Gasteiger partial charge in [-0.25, -0.2) is 4.68 Å². The van der Waals surface area contributed by atoms with E-state index < -0.39 is 6.04 Å². The number of fused-ring (bicyclic) bond motifs is 1. The third-order valence-corrected chi connectivity index (χ3v) is 7.55. The van der Waals surface area contributed by atoms with Gasteiger partial charge in [0.25, 0.3) is 0 Å². The third-order valence-electron chi connectivity index (χ3n) is 7.55.